The molecule has 0 spiro atoms. The molecule has 26 heavy (non-hydrogen) atoms. The summed E-state index contributed by atoms with van der Waals surface area (Å²) in [6.45, 7) is 9.04. The Morgan fingerprint density at radius 2 is 1.23 bits per heavy atom. The Morgan fingerprint density at radius 1 is 0.692 bits per heavy atom. The van der Waals surface area contributed by atoms with Gasteiger partial charge in [0.15, 0.2) is 0 Å². The standard InChI is InChI=1S/C13H18.C13H20/c1-2-12(10-11-8-9-11)13-6-4-3-5-7-13;1-4-11-7-9-13(10-8-11)12(5-2)6-3/h3-7,11-12H,2,8-10H2,1H3;7-10,12H,4-6H2,1-3H3. The molecule has 142 valence electrons. The predicted octanol–water partition coefficient (Wildman–Crippen LogP) is 8.13. The molecule has 0 radical (unpaired) electrons. The number of aryl methyl sites for hydroxylation is 1. The summed E-state index contributed by atoms with van der Waals surface area (Å²) in [6, 6.07) is 20.1. The van der Waals surface area contributed by atoms with E-state index in [4.69, 9.17) is 0 Å². The van der Waals surface area contributed by atoms with Gasteiger partial charge in [0, 0.05) is 0 Å². The minimum Gasteiger partial charge on any atom is -0.0648 e. The van der Waals surface area contributed by atoms with Crippen LogP contribution < -0.4 is 0 Å². The van der Waals surface area contributed by atoms with Crippen LogP contribution >= 0.6 is 0 Å². The van der Waals surface area contributed by atoms with E-state index in [1.807, 2.05) is 0 Å². The summed E-state index contributed by atoms with van der Waals surface area (Å²) in [4.78, 5) is 0. The van der Waals surface area contributed by atoms with Crippen LogP contribution in [0.1, 0.15) is 94.7 Å². The van der Waals surface area contributed by atoms with Crippen LogP contribution in [0.25, 0.3) is 0 Å². The molecular weight excluding hydrogens is 312 g/mol. The number of benzene rings is 2. The smallest absolute Gasteiger partial charge is 0.0162 e. The van der Waals surface area contributed by atoms with E-state index in [9.17, 15) is 0 Å². The average Bonchev–Trinajstić information content (AvgIpc) is 3.53. The van der Waals surface area contributed by atoms with Crippen LogP contribution in [-0.4, -0.2) is 0 Å². The van der Waals surface area contributed by atoms with Gasteiger partial charge in [0.25, 0.3) is 0 Å². The lowest BCUT2D eigenvalue weighted by Crippen LogP contribution is -1.97. The van der Waals surface area contributed by atoms with Crippen LogP contribution in [0.4, 0.5) is 0 Å². The number of hydrogen-bond acceptors (Lipinski definition) is 0. The highest BCUT2D eigenvalue weighted by Gasteiger charge is 2.25. The monoisotopic (exact) mass is 350 g/mol. The molecule has 0 N–H and O–H groups in total. The quantitative estimate of drug-likeness (QED) is 0.450. The second-order valence-electron chi connectivity index (χ2n) is 7.80. The predicted molar refractivity (Wildman–Crippen MR) is 116 cm³/mol. The van der Waals surface area contributed by atoms with Crippen molar-refractivity contribution in [3.05, 3.63) is 71.3 Å². The summed E-state index contributed by atoms with van der Waals surface area (Å²) in [7, 11) is 0. The van der Waals surface area contributed by atoms with Gasteiger partial charge < -0.3 is 0 Å². The van der Waals surface area contributed by atoms with Crippen LogP contribution in [-0.2, 0) is 6.42 Å². The van der Waals surface area contributed by atoms with E-state index in [0.717, 1.165) is 24.2 Å². The summed E-state index contributed by atoms with van der Waals surface area (Å²) in [5.41, 5.74) is 4.48. The van der Waals surface area contributed by atoms with Crippen LogP contribution in [0.2, 0.25) is 0 Å². The molecule has 1 atom stereocenters. The Hall–Kier alpha value is -1.56. The molecule has 1 fully saturated rings. The Morgan fingerprint density at radius 3 is 1.69 bits per heavy atom. The van der Waals surface area contributed by atoms with E-state index in [0.29, 0.717) is 0 Å². The van der Waals surface area contributed by atoms with Crippen molar-refractivity contribution < 1.29 is 0 Å². The normalized spacial score (nSPS) is 14.7. The van der Waals surface area contributed by atoms with E-state index >= 15 is 0 Å². The van der Waals surface area contributed by atoms with Crippen LogP contribution in [0, 0.1) is 5.92 Å². The summed E-state index contributed by atoms with van der Waals surface area (Å²) in [6.07, 6.45) is 9.31. The highest BCUT2D eigenvalue weighted by atomic mass is 14.3. The molecule has 2 aromatic rings. The fourth-order valence-corrected chi connectivity index (χ4v) is 3.81. The first-order valence-electron chi connectivity index (χ1n) is 10.8. The van der Waals surface area contributed by atoms with Crippen molar-refractivity contribution in [1.29, 1.82) is 0 Å². The SMILES string of the molecule is CCC(CC1CC1)c1ccccc1.CCc1ccc(C(CC)CC)cc1. The van der Waals surface area contributed by atoms with E-state index < -0.39 is 0 Å². The molecular formula is C26H38. The van der Waals surface area contributed by atoms with Crippen molar-refractivity contribution in [2.45, 2.75) is 84.5 Å². The molecule has 1 aliphatic carbocycles. The van der Waals surface area contributed by atoms with Crippen molar-refractivity contribution in [2.75, 3.05) is 0 Å². The second-order valence-corrected chi connectivity index (χ2v) is 7.80. The number of rotatable bonds is 8. The molecule has 0 aliphatic heterocycles. The molecule has 1 unspecified atom stereocenters. The van der Waals surface area contributed by atoms with Gasteiger partial charge in [-0.25, -0.2) is 0 Å². The van der Waals surface area contributed by atoms with Gasteiger partial charge >= 0.3 is 0 Å². The summed E-state index contributed by atoms with van der Waals surface area (Å²) < 4.78 is 0. The molecule has 0 nitrogen and oxygen atoms in total. The van der Waals surface area contributed by atoms with Gasteiger partial charge in [-0.1, -0.05) is 95.1 Å². The fraction of sp³-hybridized carbons (Fsp3) is 0.538. The zero-order chi connectivity index (χ0) is 18.8. The maximum atomic E-state index is 2.31. The van der Waals surface area contributed by atoms with Gasteiger partial charge in [-0.3, -0.25) is 0 Å². The van der Waals surface area contributed by atoms with Crippen molar-refractivity contribution in [2.24, 2.45) is 5.92 Å². The van der Waals surface area contributed by atoms with Gasteiger partial charge in [0.05, 0.1) is 0 Å². The van der Waals surface area contributed by atoms with Crippen LogP contribution in [0.3, 0.4) is 0 Å². The Balaban J connectivity index is 0.000000187. The lowest BCUT2D eigenvalue weighted by molar-refractivity contribution is 0.562. The minimum atomic E-state index is 0.755. The first-order valence-corrected chi connectivity index (χ1v) is 10.8. The molecule has 0 heteroatoms. The first kappa shape index (κ1) is 20.7. The van der Waals surface area contributed by atoms with E-state index in [1.165, 1.54) is 55.2 Å². The van der Waals surface area contributed by atoms with Gasteiger partial charge in [-0.15, -0.1) is 0 Å². The minimum absolute atomic E-state index is 0.755. The maximum Gasteiger partial charge on any atom is -0.0162 e. The Bertz CT molecular complexity index is 588. The molecule has 0 amide bonds. The summed E-state index contributed by atoms with van der Waals surface area (Å²) in [5, 5.41) is 0. The largest absolute Gasteiger partial charge is 0.0648 e. The van der Waals surface area contributed by atoms with E-state index in [1.54, 1.807) is 0 Å². The van der Waals surface area contributed by atoms with Crippen molar-refractivity contribution in [3.8, 4) is 0 Å². The first-order chi connectivity index (χ1) is 12.7. The summed E-state index contributed by atoms with van der Waals surface area (Å²) >= 11 is 0. The highest BCUT2D eigenvalue weighted by molar-refractivity contribution is 5.25. The van der Waals surface area contributed by atoms with Gasteiger partial charge in [-0.2, -0.15) is 0 Å². The zero-order valence-corrected chi connectivity index (χ0v) is 17.4. The molecule has 3 rings (SSSR count). The van der Waals surface area contributed by atoms with Crippen molar-refractivity contribution in [1.82, 2.24) is 0 Å². The van der Waals surface area contributed by atoms with E-state index in [2.05, 4.69) is 82.3 Å². The van der Waals surface area contributed by atoms with E-state index in [-0.39, 0.29) is 0 Å². The molecule has 1 saturated carbocycles. The third kappa shape index (κ3) is 6.63. The average molecular weight is 351 g/mol. The van der Waals surface area contributed by atoms with Crippen LogP contribution in [0.15, 0.2) is 54.6 Å². The summed E-state index contributed by atoms with van der Waals surface area (Å²) in [5.74, 6) is 2.62. The van der Waals surface area contributed by atoms with Gasteiger partial charge in [0.1, 0.15) is 0 Å². The highest BCUT2D eigenvalue weighted by Crippen LogP contribution is 2.39. The Labute approximate surface area is 162 Å². The molecule has 0 heterocycles. The maximum absolute atomic E-state index is 2.31. The third-order valence-electron chi connectivity index (χ3n) is 5.92. The van der Waals surface area contributed by atoms with Gasteiger partial charge in [-0.05, 0) is 66.5 Å². The fourth-order valence-electron chi connectivity index (χ4n) is 3.81. The molecule has 0 aromatic heterocycles. The number of hydrogen-bond donors (Lipinski definition) is 0. The molecule has 2 aromatic carbocycles. The van der Waals surface area contributed by atoms with Crippen LogP contribution in [0.5, 0.6) is 0 Å². The lowest BCUT2D eigenvalue weighted by atomic mass is 9.91. The topological polar surface area (TPSA) is 0 Å². The molecule has 0 bridgehead atoms. The Kier molecular flexibility index (Phi) is 8.95. The third-order valence-corrected chi connectivity index (χ3v) is 5.92. The second kappa shape index (κ2) is 11.2. The van der Waals surface area contributed by atoms with Crippen molar-refractivity contribution in [3.63, 3.8) is 0 Å². The van der Waals surface area contributed by atoms with Crippen molar-refractivity contribution >= 4 is 0 Å². The van der Waals surface area contributed by atoms with Gasteiger partial charge in [0.2, 0.25) is 0 Å². The molecule has 1 aliphatic rings. The lowest BCUT2D eigenvalue weighted by Gasteiger charge is -2.14. The molecule has 0 saturated heterocycles. The zero-order valence-electron chi connectivity index (χ0n) is 17.4.